The molecule has 0 aliphatic carbocycles. The second kappa shape index (κ2) is 7.10. The van der Waals surface area contributed by atoms with Crippen molar-refractivity contribution in [2.75, 3.05) is 11.3 Å². The number of ether oxygens (including phenoxy) is 1. The van der Waals surface area contributed by atoms with Crippen LogP contribution >= 0.6 is 0 Å². The molecule has 0 atom stereocenters. The van der Waals surface area contributed by atoms with Crippen LogP contribution in [-0.2, 0) is 10.0 Å². The molecule has 0 spiro atoms. The van der Waals surface area contributed by atoms with Crippen LogP contribution in [0.25, 0.3) is 5.65 Å². The van der Waals surface area contributed by atoms with Crippen LogP contribution in [0.4, 0.5) is 5.69 Å². The Hall–Kier alpha value is -2.61. The van der Waals surface area contributed by atoms with Crippen molar-refractivity contribution in [3.05, 3.63) is 48.9 Å². The van der Waals surface area contributed by atoms with Crippen LogP contribution < -0.4 is 9.46 Å². The number of hydrogen-bond acceptors (Lipinski definition) is 5. The standard InChI is InChI=1S/C17H20N4O3S/c1-13(2)9-10-24-15-4-6-16(7-5-15)25(22,23)20-14-3-8-17-19-18-12-21(17)11-14/h3-8,11-13,20H,9-10H2,1-2H3. The van der Waals surface area contributed by atoms with Crippen molar-refractivity contribution < 1.29 is 13.2 Å². The van der Waals surface area contributed by atoms with Crippen molar-refractivity contribution in [3.63, 3.8) is 0 Å². The Labute approximate surface area is 146 Å². The van der Waals surface area contributed by atoms with E-state index in [4.69, 9.17) is 4.74 Å². The highest BCUT2D eigenvalue weighted by Crippen LogP contribution is 2.20. The number of nitrogens with zero attached hydrogens (tertiary/aromatic N) is 3. The molecule has 0 saturated heterocycles. The molecule has 1 aromatic carbocycles. The van der Waals surface area contributed by atoms with Gasteiger partial charge in [-0.1, -0.05) is 13.8 Å². The first-order chi connectivity index (χ1) is 11.9. The van der Waals surface area contributed by atoms with E-state index < -0.39 is 10.0 Å². The lowest BCUT2D eigenvalue weighted by molar-refractivity contribution is 0.289. The summed E-state index contributed by atoms with van der Waals surface area (Å²) in [6.45, 7) is 4.87. The van der Waals surface area contributed by atoms with E-state index >= 15 is 0 Å². The van der Waals surface area contributed by atoms with Crippen LogP contribution in [0.2, 0.25) is 0 Å². The number of anilines is 1. The zero-order valence-corrected chi connectivity index (χ0v) is 14.9. The molecule has 3 rings (SSSR count). The molecule has 8 heteroatoms. The van der Waals surface area contributed by atoms with Crippen LogP contribution in [0.1, 0.15) is 20.3 Å². The summed E-state index contributed by atoms with van der Waals surface area (Å²) in [5.41, 5.74) is 1.08. The van der Waals surface area contributed by atoms with Crippen LogP contribution in [0.5, 0.6) is 5.75 Å². The molecular weight excluding hydrogens is 340 g/mol. The van der Waals surface area contributed by atoms with Crippen molar-refractivity contribution in [3.8, 4) is 5.75 Å². The fourth-order valence-electron chi connectivity index (χ4n) is 2.23. The zero-order valence-electron chi connectivity index (χ0n) is 14.1. The highest BCUT2D eigenvalue weighted by atomic mass is 32.2. The molecule has 2 aromatic heterocycles. The van der Waals surface area contributed by atoms with Gasteiger partial charge in [-0.15, -0.1) is 10.2 Å². The Morgan fingerprint density at radius 3 is 2.64 bits per heavy atom. The van der Waals surface area contributed by atoms with E-state index in [1.807, 2.05) is 0 Å². The lowest BCUT2D eigenvalue weighted by atomic mass is 10.1. The van der Waals surface area contributed by atoms with Gasteiger partial charge in [-0.3, -0.25) is 9.12 Å². The first kappa shape index (κ1) is 17.2. The fraction of sp³-hybridized carbons (Fsp3) is 0.294. The van der Waals surface area contributed by atoms with Gasteiger partial charge < -0.3 is 4.74 Å². The van der Waals surface area contributed by atoms with Crippen molar-refractivity contribution >= 4 is 21.4 Å². The van der Waals surface area contributed by atoms with Crippen LogP contribution in [0, 0.1) is 5.92 Å². The third kappa shape index (κ3) is 4.27. The maximum atomic E-state index is 12.5. The number of fused-ring (bicyclic) bond motifs is 1. The number of hydrogen-bond donors (Lipinski definition) is 1. The first-order valence-electron chi connectivity index (χ1n) is 7.99. The SMILES string of the molecule is CC(C)CCOc1ccc(S(=O)(=O)Nc2ccc3nncn3c2)cc1. The quantitative estimate of drug-likeness (QED) is 0.700. The Bertz CT molecular complexity index is 949. The predicted molar refractivity (Wildman–Crippen MR) is 95.2 cm³/mol. The highest BCUT2D eigenvalue weighted by molar-refractivity contribution is 7.92. The van der Waals surface area contributed by atoms with Crippen LogP contribution in [0.15, 0.2) is 53.8 Å². The lowest BCUT2D eigenvalue weighted by Gasteiger charge is -2.10. The van der Waals surface area contributed by atoms with E-state index in [-0.39, 0.29) is 4.90 Å². The third-order valence-corrected chi connectivity index (χ3v) is 5.04. The van der Waals surface area contributed by atoms with Gasteiger partial charge in [0, 0.05) is 6.20 Å². The van der Waals surface area contributed by atoms with Crippen molar-refractivity contribution in [2.45, 2.75) is 25.2 Å². The van der Waals surface area contributed by atoms with E-state index in [1.54, 1.807) is 34.9 Å². The molecule has 0 unspecified atom stereocenters. The van der Waals surface area contributed by atoms with Gasteiger partial charge in [0.05, 0.1) is 17.2 Å². The number of rotatable bonds is 7. The molecule has 0 aliphatic rings. The maximum Gasteiger partial charge on any atom is 0.261 e. The molecule has 1 N–H and O–H groups in total. The number of sulfonamides is 1. The van der Waals surface area contributed by atoms with Gasteiger partial charge in [-0.25, -0.2) is 8.42 Å². The largest absolute Gasteiger partial charge is 0.494 e. The van der Waals surface area contributed by atoms with Gasteiger partial charge in [0.1, 0.15) is 12.1 Å². The summed E-state index contributed by atoms with van der Waals surface area (Å²) in [5, 5.41) is 7.65. The van der Waals surface area contributed by atoms with Gasteiger partial charge in [0.2, 0.25) is 0 Å². The molecule has 0 radical (unpaired) electrons. The van der Waals surface area contributed by atoms with Gasteiger partial charge in [-0.2, -0.15) is 0 Å². The Kier molecular flexibility index (Phi) is 4.89. The molecular formula is C17H20N4O3S. The monoisotopic (exact) mass is 360 g/mol. The first-order valence-corrected chi connectivity index (χ1v) is 9.47. The highest BCUT2D eigenvalue weighted by Gasteiger charge is 2.14. The van der Waals surface area contributed by atoms with E-state index in [1.165, 1.54) is 18.5 Å². The molecule has 7 nitrogen and oxygen atoms in total. The average molecular weight is 360 g/mol. The summed E-state index contributed by atoms with van der Waals surface area (Å²) < 4.78 is 34.8. The van der Waals surface area contributed by atoms with E-state index in [0.29, 0.717) is 29.6 Å². The number of aromatic nitrogens is 3. The number of pyridine rings is 1. The van der Waals surface area contributed by atoms with E-state index in [0.717, 1.165) is 6.42 Å². The molecule has 0 saturated carbocycles. The van der Waals surface area contributed by atoms with Gasteiger partial charge in [0.15, 0.2) is 5.65 Å². The maximum absolute atomic E-state index is 12.5. The summed E-state index contributed by atoms with van der Waals surface area (Å²) >= 11 is 0. The van der Waals surface area contributed by atoms with Crippen LogP contribution in [-0.4, -0.2) is 29.6 Å². The van der Waals surface area contributed by atoms with Gasteiger partial charge >= 0.3 is 0 Å². The summed E-state index contributed by atoms with van der Waals surface area (Å²) in [6.07, 6.45) is 4.08. The minimum Gasteiger partial charge on any atom is -0.494 e. The Balaban J connectivity index is 1.70. The fourth-order valence-corrected chi connectivity index (χ4v) is 3.27. The molecule has 0 aliphatic heterocycles. The second-order valence-corrected chi connectivity index (χ2v) is 7.80. The molecule has 0 fully saturated rings. The van der Waals surface area contributed by atoms with E-state index in [9.17, 15) is 8.42 Å². The second-order valence-electron chi connectivity index (χ2n) is 6.12. The minimum atomic E-state index is -3.68. The molecule has 132 valence electrons. The number of benzene rings is 1. The van der Waals surface area contributed by atoms with Crippen LogP contribution in [0.3, 0.4) is 0 Å². The molecule has 0 bridgehead atoms. The zero-order chi connectivity index (χ0) is 17.9. The predicted octanol–water partition coefficient (Wildman–Crippen LogP) is 2.96. The lowest BCUT2D eigenvalue weighted by Crippen LogP contribution is -2.13. The Morgan fingerprint density at radius 2 is 1.92 bits per heavy atom. The topological polar surface area (TPSA) is 85.6 Å². The third-order valence-electron chi connectivity index (χ3n) is 3.64. The normalized spacial score (nSPS) is 11.8. The number of nitrogens with one attached hydrogen (secondary N) is 1. The summed E-state index contributed by atoms with van der Waals surface area (Å²) in [5.74, 6) is 1.22. The molecule has 2 heterocycles. The molecule has 0 amide bonds. The smallest absolute Gasteiger partial charge is 0.261 e. The summed E-state index contributed by atoms with van der Waals surface area (Å²) in [6, 6.07) is 9.73. The Morgan fingerprint density at radius 1 is 1.16 bits per heavy atom. The van der Waals surface area contributed by atoms with Crippen molar-refractivity contribution in [2.24, 2.45) is 5.92 Å². The van der Waals surface area contributed by atoms with Gasteiger partial charge in [0.25, 0.3) is 10.0 Å². The summed E-state index contributed by atoms with van der Waals surface area (Å²) in [4.78, 5) is 0.174. The van der Waals surface area contributed by atoms with Crippen molar-refractivity contribution in [1.29, 1.82) is 0 Å². The molecule has 3 aromatic rings. The molecule has 25 heavy (non-hydrogen) atoms. The average Bonchev–Trinajstić information content (AvgIpc) is 3.02. The summed E-state index contributed by atoms with van der Waals surface area (Å²) in [7, 11) is -3.68. The minimum absolute atomic E-state index is 0.174. The van der Waals surface area contributed by atoms with Gasteiger partial charge in [-0.05, 0) is 48.7 Å². The van der Waals surface area contributed by atoms with E-state index in [2.05, 4.69) is 28.8 Å². The van der Waals surface area contributed by atoms with Crippen molar-refractivity contribution in [1.82, 2.24) is 14.6 Å².